The Labute approximate surface area is 113 Å². The molecule has 0 unspecified atom stereocenters. The number of benzene rings is 1. The molecule has 1 heterocycles. The van der Waals surface area contributed by atoms with E-state index in [0.29, 0.717) is 12.6 Å². The molecule has 2 N–H and O–H groups in total. The Hall–Kier alpha value is -1.81. The zero-order chi connectivity index (χ0) is 13.5. The zero-order valence-electron chi connectivity index (χ0n) is 11.2. The van der Waals surface area contributed by atoms with Gasteiger partial charge in [0.1, 0.15) is 0 Å². The quantitative estimate of drug-likeness (QED) is 0.628. The van der Waals surface area contributed by atoms with Crippen LogP contribution >= 0.6 is 0 Å². The average molecular weight is 260 g/mol. The lowest BCUT2D eigenvalue weighted by atomic mass is 10.1. The number of carbonyl (C=O) groups excluding carboxylic acids is 1. The van der Waals surface area contributed by atoms with Gasteiger partial charge in [-0.1, -0.05) is 12.1 Å². The number of anilines is 1. The molecule has 102 valence electrons. The Balaban J connectivity index is 1.88. The molecule has 0 radical (unpaired) electrons. The molecule has 0 bridgehead atoms. The molecule has 1 aromatic rings. The summed E-state index contributed by atoms with van der Waals surface area (Å²) in [6, 6.07) is 8.55. The van der Waals surface area contributed by atoms with Crippen LogP contribution in [0.5, 0.6) is 0 Å². The van der Waals surface area contributed by atoms with E-state index in [9.17, 15) is 4.79 Å². The van der Waals surface area contributed by atoms with Crippen molar-refractivity contribution in [3.8, 4) is 0 Å². The lowest BCUT2D eigenvalue weighted by Crippen LogP contribution is -2.21. The second-order valence-corrected chi connectivity index (χ2v) is 4.54. The van der Waals surface area contributed by atoms with Gasteiger partial charge in [0.25, 0.3) is 0 Å². The molecule has 0 aromatic heterocycles. The van der Waals surface area contributed by atoms with Crippen molar-refractivity contribution in [3.63, 3.8) is 0 Å². The second-order valence-electron chi connectivity index (χ2n) is 4.54. The van der Waals surface area contributed by atoms with Crippen molar-refractivity contribution >= 4 is 17.7 Å². The lowest BCUT2D eigenvalue weighted by Gasteiger charge is -2.12. The molecule has 19 heavy (non-hydrogen) atoms. The van der Waals surface area contributed by atoms with Crippen LogP contribution in [0.2, 0.25) is 0 Å². The van der Waals surface area contributed by atoms with Gasteiger partial charge in [-0.2, -0.15) is 0 Å². The molecular weight excluding hydrogens is 240 g/mol. The molecule has 0 aliphatic carbocycles. The Bertz CT molecular complexity index is 434. The smallest absolute Gasteiger partial charge is 0.330 e. The number of ether oxygens (including phenoxy) is 1. The Kier molecular flexibility index (Phi) is 4.98. The van der Waals surface area contributed by atoms with E-state index >= 15 is 0 Å². The predicted octanol–water partition coefficient (Wildman–Crippen LogP) is 2.04. The van der Waals surface area contributed by atoms with Crippen molar-refractivity contribution in [1.29, 1.82) is 0 Å². The molecule has 1 aromatic carbocycles. The summed E-state index contributed by atoms with van der Waals surface area (Å²) in [7, 11) is 0. The summed E-state index contributed by atoms with van der Waals surface area (Å²) in [5.41, 5.74) is 2.10. The summed E-state index contributed by atoms with van der Waals surface area (Å²) in [4.78, 5) is 11.2. The van der Waals surface area contributed by atoms with Crippen LogP contribution in [0.1, 0.15) is 18.9 Å². The minimum absolute atomic E-state index is 0.304. The molecule has 1 fully saturated rings. The summed E-state index contributed by atoms with van der Waals surface area (Å²) in [6.07, 6.45) is 4.37. The van der Waals surface area contributed by atoms with E-state index < -0.39 is 0 Å². The van der Waals surface area contributed by atoms with Crippen molar-refractivity contribution < 1.29 is 9.53 Å². The summed E-state index contributed by atoms with van der Waals surface area (Å²) in [5.74, 6) is -0.304. The Morgan fingerprint density at radius 2 is 2.26 bits per heavy atom. The first-order valence-electron chi connectivity index (χ1n) is 6.70. The maximum Gasteiger partial charge on any atom is 0.330 e. The minimum atomic E-state index is -0.304. The summed E-state index contributed by atoms with van der Waals surface area (Å²) < 4.78 is 4.83. The molecule has 0 amide bonds. The number of esters is 1. The minimum Gasteiger partial charge on any atom is -0.463 e. The monoisotopic (exact) mass is 260 g/mol. The van der Waals surface area contributed by atoms with Gasteiger partial charge in [0.15, 0.2) is 0 Å². The van der Waals surface area contributed by atoms with Crippen LogP contribution < -0.4 is 10.6 Å². The fraction of sp³-hybridized carbons (Fsp3) is 0.400. The lowest BCUT2D eigenvalue weighted by molar-refractivity contribution is -0.137. The average Bonchev–Trinajstić information content (AvgIpc) is 2.91. The standard InChI is InChI=1S/C15H20N2O2/c1-2-19-15(18)8-5-12-3-6-13(7-4-12)17-14-9-10-16-11-14/h3-8,14,16-17H,2,9-11H2,1H3/t14-/m1/s1. The van der Waals surface area contributed by atoms with Crippen molar-refractivity contribution in [2.75, 3.05) is 25.0 Å². The van der Waals surface area contributed by atoms with Gasteiger partial charge in [-0.25, -0.2) is 4.79 Å². The molecular formula is C15H20N2O2. The van der Waals surface area contributed by atoms with Crippen LogP contribution in [0.4, 0.5) is 5.69 Å². The van der Waals surface area contributed by atoms with Crippen molar-refractivity contribution in [3.05, 3.63) is 35.9 Å². The van der Waals surface area contributed by atoms with E-state index in [1.54, 1.807) is 13.0 Å². The number of hydrogen-bond donors (Lipinski definition) is 2. The SMILES string of the molecule is CCOC(=O)C=Cc1ccc(N[C@@H]2CCNC2)cc1. The van der Waals surface area contributed by atoms with Gasteiger partial charge in [-0.05, 0) is 43.7 Å². The fourth-order valence-electron chi connectivity index (χ4n) is 2.06. The van der Waals surface area contributed by atoms with E-state index in [-0.39, 0.29) is 5.97 Å². The first-order valence-corrected chi connectivity index (χ1v) is 6.70. The van der Waals surface area contributed by atoms with Gasteiger partial charge in [0, 0.05) is 24.4 Å². The summed E-state index contributed by atoms with van der Waals surface area (Å²) >= 11 is 0. The van der Waals surface area contributed by atoms with Crippen LogP contribution in [-0.2, 0) is 9.53 Å². The third-order valence-electron chi connectivity index (χ3n) is 3.04. The highest BCUT2D eigenvalue weighted by Gasteiger charge is 2.13. The maximum absolute atomic E-state index is 11.2. The molecule has 0 saturated carbocycles. The van der Waals surface area contributed by atoms with Gasteiger partial charge >= 0.3 is 5.97 Å². The molecule has 1 aliphatic rings. The van der Waals surface area contributed by atoms with E-state index in [1.165, 1.54) is 6.08 Å². The Morgan fingerprint density at radius 1 is 1.47 bits per heavy atom. The maximum atomic E-state index is 11.2. The van der Waals surface area contributed by atoms with Crippen molar-refractivity contribution in [1.82, 2.24) is 5.32 Å². The highest BCUT2D eigenvalue weighted by Crippen LogP contribution is 2.14. The van der Waals surface area contributed by atoms with Crippen LogP contribution in [0.25, 0.3) is 6.08 Å². The highest BCUT2D eigenvalue weighted by atomic mass is 16.5. The van der Waals surface area contributed by atoms with Gasteiger partial charge in [-0.15, -0.1) is 0 Å². The largest absolute Gasteiger partial charge is 0.463 e. The molecule has 2 rings (SSSR count). The molecule has 4 nitrogen and oxygen atoms in total. The van der Waals surface area contributed by atoms with Crippen molar-refractivity contribution in [2.24, 2.45) is 0 Å². The number of rotatable bonds is 5. The van der Waals surface area contributed by atoms with E-state index in [4.69, 9.17) is 4.74 Å². The van der Waals surface area contributed by atoms with E-state index in [2.05, 4.69) is 10.6 Å². The topological polar surface area (TPSA) is 50.4 Å². The molecule has 4 heteroatoms. The predicted molar refractivity (Wildman–Crippen MR) is 77.0 cm³/mol. The first-order chi connectivity index (χ1) is 9.28. The normalized spacial score (nSPS) is 18.7. The van der Waals surface area contributed by atoms with Gasteiger partial charge in [0.05, 0.1) is 6.61 Å². The summed E-state index contributed by atoms with van der Waals surface area (Å²) in [6.45, 7) is 4.30. The Morgan fingerprint density at radius 3 is 2.89 bits per heavy atom. The fourth-order valence-corrected chi connectivity index (χ4v) is 2.06. The number of nitrogens with one attached hydrogen (secondary N) is 2. The number of carbonyl (C=O) groups is 1. The van der Waals surface area contributed by atoms with Crippen molar-refractivity contribution in [2.45, 2.75) is 19.4 Å². The van der Waals surface area contributed by atoms with Crippen LogP contribution in [0.15, 0.2) is 30.3 Å². The third-order valence-corrected chi connectivity index (χ3v) is 3.04. The second kappa shape index (κ2) is 6.95. The molecule has 1 atom stereocenters. The highest BCUT2D eigenvalue weighted by molar-refractivity contribution is 5.87. The molecule has 1 aliphatic heterocycles. The third kappa shape index (κ3) is 4.41. The van der Waals surface area contributed by atoms with Crippen LogP contribution in [0.3, 0.4) is 0 Å². The first kappa shape index (κ1) is 13.6. The van der Waals surface area contributed by atoms with Gasteiger partial charge in [0.2, 0.25) is 0 Å². The molecule has 1 saturated heterocycles. The molecule has 0 spiro atoms. The number of hydrogen-bond acceptors (Lipinski definition) is 4. The van der Waals surface area contributed by atoms with Crippen LogP contribution in [-0.4, -0.2) is 31.7 Å². The summed E-state index contributed by atoms with van der Waals surface area (Å²) in [5, 5.41) is 6.80. The van der Waals surface area contributed by atoms with E-state index in [1.807, 2.05) is 24.3 Å². The van der Waals surface area contributed by atoms with Gasteiger partial charge in [-0.3, -0.25) is 0 Å². The zero-order valence-corrected chi connectivity index (χ0v) is 11.2. The van der Waals surface area contributed by atoms with E-state index in [0.717, 1.165) is 30.8 Å². The van der Waals surface area contributed by atoms with Gasteiger partial charge < -0.3 is 15.4 Å². The van der Waals surface area contributed by atoms with Crippen LogP contribution in [0, 0.1) is 0 Å².